The Labute approximate surface area is 119 Å². The zero-order valence-corrected chi connectivity index (χ0v) is 12.6. The molecule has 0 aliphatic heterocycles. The highest BCUT2D eigenvalue weighted by atomic mass is 19.4. The first-order chi connectivity index (χ1) is 9.22. The number of nitrogens with one attached hydrogen (secondary N) is 2. The lowest BCUT2D eigenvalue weighted by Crippen LogP contribution is -2.45. The van der Waals surface area contributed by atoms with Crippen molar-refractivity contribution in [1.82, 2.24) is 10.6 Å². The number of unbranched alkanes of at least 4 members (excludes halogenated alkanes) is 3. The standard InChI is InChI=1S/C14H27F3N2O/c1-11(2)8-6-4-5-7-9-18-12(3)13(20)19-10-14(15,16)17/h11-12,18H,4-10H2,1-3H3,(H,19,20). The summed E-state index contributed by atoms with van der Waals surface area (Å²) in [5.74, 6) is 0.118. The van der Waals surface area contributed by atoms with Gasteiger partial charge in [-0.05, 0) is 25.8 Å². The van der Waals surface area contributed by atoms with Gasteiger partial charge in [0.15, 0.2) is 0 Å². The fourth-order valence-corrected chi connectivity index (χ4v) is 1.78. The molecule has 6 heteroatoms. The molecule has 0 aliphatic rings. The van der Waals surface area contributed by atoms with Gasteiger partial charge in [0.2, 0.25) is 5.91 Å². The van der Waals surface area contributed by atoms with E-state index in [0.29, 0.717) is 6.54 Å². The van der Waals surface area contributed by atoms with Gasteiger partial charge in [-0.1, -0.05) is 39.5 Å². The minimum Gasteiger partial charge on any atom is -0.346 e. The third-order valence-corrected chi connectivity index (χ3v) is 3.02. The zero-order chi connectivity index (χ0) is 15.6. The first kappa shape index (κ1) is 19.2. The Kier molecular flexibility index (Phi) is 9.63. The molecule has 0 aromatic rings. The number of halogens is 3. The molecule has 20 heavy (non-hydrogen) atoms. The molecule has 0 saturated carbocycles. The van der Waals surface area contributed by atoms with Crippen LogP contribution in [0.1, 0.15) is 52.9 Å². The second-order valence-electron chi connectivity index (χ2n) is 5.61. The average molecular weight is 296 g/mol. The Balaban J connectivity index is 3.53. The molecule has 0 fully saturated rings. The fraction of sp³-hybridized carbons (Fsp3) is 0.929. The van der Waals surface area contributed by atoms with E-state index in [1.54, 1.807) is 6.92 Å². The molecule has 0 saturated heterocycles. The second-order valence-corrected chi connectivity index (χ2v) is 5.61. The molecule has 0 heterocycles. The summed E-state index contributed by atoms with van der Waals surface area (Å²) in [7, 11) is 0. The largest absolute Gasteiger partial charge is 0.405 e. The van der Waals surface area contributed by atoms with Crippen LogP contribution in [0.4, 0.5) is 13.2 Å². The van der Waals surface area contributed by atoms with Gasteiger partial charge in [-0.2, -0.15) is 13.2 Å². The molecule has 0 rings (SSSR count). The van der Waals surface area contributed by atoms with Crippen LogP contribution in [0.5, 0.6) is 0 Å². The van der Waals surface area contributed by atoms with E-state index in [1.807, 2.05) is 5.32 Å². The van der Waals surface area contributed by atoms with Gasteiger partial charge in [0.1, 0.15) is 6.54 Å². The van der Waals surface area contributed by atoms with Gasteiger partial charge >= 0.3 is 6.18 Å². The van der Waals surface area contributed by atoms with Crippen molar-refractivity contribution < 1.29 is 18.0 Å². The van der Waals surface area contributed by atoms with Crippen molar-refractivity contribution in [2.24, 2.45) is 5.92 Å². The smallest absolute Gasteiger partial charge is 0.346 e. The Hall–Kier alpha value is -0.780. The van der Waals surface area contributed by atoms with Gasteiger partial charge in [0, 0.05) is 0 Å². The van der Waals surface area contributed by atoms with Crippen LogP contribution in [-0.2, 0) is 4.79 Å². The van der Waals surface area contributed by atoms with Gasteiger partial charge in [0.05, 0.1) is 6.04 Å². The summed E-state index contributed by atoms with van der Waals surface area (Å²) in [6, 6.07) is -0.590. The lowest BCUT2D eigenvalue weighted by Gasteiger charge is -2.15. The Morgan fingerprint density at radius 2 is 1.65 bits per heavy atom. The molecular formula is C14H27F3N2O. The number of rotatable bonds is 10. The van der Waals surface area contributed by atoms with Crippen LogP contribution >= 0.6 is 0 Å². The quantitative estimate of drug-likeness (QED) is 0.608. The van der Waals surface area contributed by atoms with Gasteiger partial charge in [-0.15, -0.1) is 0 Å². The van der Waals surface area contributed by atoms with Crippen molar-refractivity contribution in [2.45, 2.75) is 65.1 Å². The van der Waals surface area contributed by atoms with Gasteiger partial charge in [-0.25, -0.2) is 0 Å². The molecule has 0 aromatic carbocycles. The summed E-state index contributed by atoms with van der Waals surface area (Å²) >= 11 is 0. The molecule has 0 bridgehead atoms. The Bertz CT molecular complexity index is 268. The van der Waals surface area contributed by atoms with E-state index in [9.17, 15) is 18.0 Å². The lowest BCUT2D eigenvalue weighted by atomic mass is 10.0. The molecule has 3 nitrogen and oxygen atoms in total. The molecule has 2 N–H and O–H groups in total. The van der Waals surface area contributed by atoms with Crippen LogP contribution in [0, 0.1) is 5.92 Å². The molecule has 1 unspecified atom stereocenters. The van der Waals surface area contributed by atoms with E-state index in [1.165, 1.54) is 12.8 Å². The molecule has 1 amide bonds. The summed E-state index contributed by atoms with van der Waals surface area (Å²) in [6.07, 6.45) is 1.26. The van der Waals surface area contributed by atoms with Crippen LogP contribution in [0.3, 0.4) is 0 Å². The van der Waals surface area contributed by atoms with Crippen LogP contribution in [0.2, 0.25) is 0 Å². The Morgan fingerprint density at radius 1 is 1.05 bits per heavy atom. The van der Waals surface area contributed by atoms with E-state index in [2.05, 4.69) is 19.2 Å². The maximum Gasteiger partial charge on any atom is 0.405 e. The van der Waals surface area contributed by atoms with E-state index in [-0.39, 0.29) is 0 Å². The normalized spacial score (nSPS) is 13.6. The first-order valence-electron chi connectivity index (χ1n) is 7.30. The number of carbonyl (C=O) groups is 1. The summed E-state index contributed by atoms with van der Waals surface area (Å²) < 4.78 is 35.8. The van der Waals surface area contributed by atoms with E-state index >= 15 is 0 Å². The third-order valence-electron chi connectivity index (χ3n) is 3.02. The van der Waals surface area contributed by atoms with Crippen LogP contribution in [0.15, 0.2) is 0 Å². The molecule has 1 atom stereocenters. The number of hydrogen-bond donors (Lipinski definition) is 2. The van der Waals surface area contributed by atoms with Crippen LogP contribution < -0.4 is 10.6 Å². The van der Waals surface area contributed by atoms with Crippen molar-refractivity contribution in [2.75, 3.05) is 13.1 Å². The minimum absolute atomic E-state index is 0.590. The van der Waals surface area contributed by atoms with E-state index in [4.69, 9.17) is 0 Å². The highest BCUT2D eigenvalue weighted by Gasteiger charge is 2.28. The molecular weight excluding hydrogens is 269 g/mol. The maximum absolute atomic E-state index is 11.9. The summed E-state index contributed by atoms with van der Waals surface area (Å²) in [5, 5.41) is 4.81. The summed E-state index contributed by atoms with van der Waals surface area (Å²) in [5.41, 5.74) is 0. The third kappa shape index (κ3) is 12.3. The number of alkyl halides is 3. The topological polar surface area (TPSA) is 41.1 Å². The van der Waals surface area contributed by atoms with Crippen molar-refractivity contribution in [3.05, 3.63) is 0 Å². The minimum atomic E-state index is -4.36. The maximum atomic E-state index is 11.9. The Morgan fingerprint density at radius 3 is 2.20 bits per heavy atom. The predicted molar refractivity (Wildman–Crippen MR) is 74.5 cm³/mol. The summed E-state index contributed by atoms with van der Waals surface area (Å²) in [6.45, 7) is 5.35. The van der Waals surface area contributed by atoms with E-state index < -0.39 is 24.7 Å². The second kappa shape index (κ2) is 10.0. The van der Waals surface area contributed by atoms with Gasteiger partial charge < -0.3 is 10.6 Å². The van der Waals surface area contributed by atoms with Crippen LogP contribution in [-0.4, -0.2) is 31.2 Å². The highest BCUT2D eigenvalue weighted by Crippen LogP contribution is 2.12. The van der Waals surface area contributed by atoms with Crippen molar-refractivity contribution in [3.63, 3.8) is 0 Å². The number of hydrogen-bond acceptors (Lipinski definition) is 2. The zero-order valence-electron chi connectivity index (χ0n) is 12.6. The van der Waals surface area contributed by atoms with Crippen LogP contribution in [0.25, 0.3) is 0 Å². The van der Waals surface area contributed by atoms with Crippen molar-refractivity contribution in [3.8, 4) is 0 Å². The SMILES string of the molecule is CC(C)CCCCCCNC(C)C(=O)NCC(F)(F)F. The van der Waals surface area contributed by atoms with E-state index in [0.717, 1.165) is 25.2 Å². The molecule has 120 valence electrons. The highest BCUT2D eigenvalue weighted by molar-refractivity contribution is 5.81. The number of carbonyl (C=O) groups excluding carboxylic acids is 1. The lowest BCUT2D eigenvalue weighted by molar-refractivity contribution is -0.139. The van der Waals surface area contributed by atoms with Gasteiger partial charge in [-0.3, -0.25) is 4.79 Å². The predicted octanol–water partition coefficient (Wildman–Crippen LogP) is 3.25. The van der Waals surface area contributed by atoms with Crippen molar-refractivity contribution >= 4 is 5.91 Å². The first-order valence-corrected chi connectivity index (χ1v) is 7.30. The average Bonchev–Trinajstić information content (AvgIpc) is 2.33. The molecule has 0 radical (unpaired) electrons. The monoisotopic (exact) mass is 296 g/mol. The fourth-order valence-electron chi connectivity index (χ4n) is 1.78. The molecule has 0 aromatic heterocycles. The number of amides is 1. The molecule has 0 aliphatic carbocycles. The molecule has 0 spiro atoms. The van der Waals surface area contributed by atoms with Crippen molar-refractivity contribution in [1.29, 1.82) is 0 Å². The van der Waals surface area contributed by atoms with Gasteiger partial charge in [0.25, 0.3) is 0 Å². The summed E-state index contributed by atoms with van der Waals surface area (Å²) in [4.78, 5) is 11.4.